The molecule has 1 saturated heterocycles. The number of carboxylic acids is 1. The van der Waals surface area contributed by atoms with Gasteiger partial charge in [0.1, 0.15) is 18.8 Å². The fraction of sp³-hybridized carbons (Fsp3) is 0.873. The zero-order valence-electron chi connectivity index (χ0n) is 48.3. The van der Waals surface area contributed by atoms with E-state index in [1.165, 1.54) is 161 Å². The third-order valence-electron chi connectivity index (χ3n) is 14.5. The molecule has 0 saturated carbocycles. The summed E-state index contributed by atoms with van der Waals surface area (Å²) in [5.74, 6) is -3.10. The van der Waals surface area contributed by atoms with Crippen molar-refractivity contribution in [2.45, 2.75) is 340 Å². The Labute approximate surface area is 458 Å². The number of hydrogen-bond donors (Lipinski definition) is 3. The number of ether oxygens (including phenoxy) is 5. The van der Waals surface area contributed by atoms with E-state index in [1.54, 1.807) is 0 Å². The Morgan fingerprint density at radius 2 is 0.800 bits per heavy atom. The van der Waals surface area contributed by atoms with Crippen molar-refractivity contribution >= 4 is 23.9 Å². The molecule has 6 unspecified atom stereocenters. The van der Waals surface area contributed by atoms with Gasteiger partial charge in [-0.2, -0.15) is 0 Å². The quantitative estimate of drug-likeness (QED) is 0.0228. The Morgan fingerprint density at radius 3 is 1.23 bits per heavy atom. The molecule has 0 radical (unpaired) electrons. The predicted octanol–water partition coefficient (Wildman–Crippen LogP) is 16.2. The van der Waals surface area contributed by atoms with Gasteiger partial charge < -0.3 is 39.0 Å². The summed E-state index contributed by atoms with van der Waals surface area (Å²) in [5.41, 5.74) is 0. The van der Waals surface area contributed by atoms with E-state index in [-0.39, 0.29) is 25.9 Å². The third kappa shape index (κ3) is 41.9. The highest BCUT2D eigenvalue weighted by atomic mass is 16.7. The maximum absolute atomic E-state index is 13.1. The van der Waals surface area contributed by atoms with Gasteiger partial charge in [-0.3, -0.25) is 14.4 Å². The van der Waals surface area contributed by atoms with Gasteiger partial charge in [-0.1, -0.05) is 257 Å². The monoisotopic (exact) mass is 1060 g/mol. The second-order valence-corrected chi connectivity index (χ2v) is 21.7. The van der Waals surface area contributed by atoms with E-state index >= 15 is 0 Å². The van der Waals surface area contributed by atoms with Gasteiger partial charge in [0.15, 0.2) is 24.6 Å². The molecule has 0 bridgehead atoms. The highest BCUT2D eigenvalue weighted by molar-refractivity contribution is 5.74. The van der Waals surface area contributed by atoms with Crippen LogP contribution in [0.2, 0.25) is 0 Å². The Morgan fingerprint density at radius 1 is 0.440 bits per heavy atom. The molecule has 0 aromatic rings. The summed E-state index contributed by atoms with van der Waals surface area (Å²) in [4.78, 5) is 51.1. The minimum atomic E-state index is -1.90. The van der Waals surface area contributed by atoms with Gasteiger partial charge in [0.25, 0.3) is 0 Å². The molecule has 1 rings (SSSR count). The van der Waals surface area contributed by atoms with Crippen LogP contribution in [-0.2, 0) is 42.9 Å². The third-order valence-corrected chi connectivity index (χ3v) is 14.5. The van der Waals surface area contributed by atoms with Gasteiger partial charge in [0.05, 0.1) is 6.61 Å². The first-order chi connectivity index (χ1) is 36.6. The molecule has 0 aliphatic carbocycles. The number of unbranched alkanes of at least 4 members (excludes halogenated alkanes) is 36. The van der Waals surface area contributed by atoms with E-state index < -0.39 is 67.3 Å². The Hall–Kier alpha value is -2.80. The lowest BCUT2D eigenvalue weighted by molar-refractivity contribution is -0.301. The van der Waals surface area contributed by atoms with Crippen LogP contribution in [0.4, 0.5) is 0 Å². The molecule has 1 aliphatic rings. The number of carbonyl (C=O) groups excluding carboxylic acids is 3. The molecular weight excluding hydrogens is 949 g/mol. The van der Waals surface area contributed by atoms with E-state index in [2.05, 4.69) is 45.1 Å². The topological polar surface area (TPSA) is 175 Å². The summed E-state index contributed by atoms with van der Waals surface area (Å²) in [5, 5.41) is 31.5. The van der Waals surface area contributed by atoms with Gasteiger partial charge in [0.2, 0.25) is 0 Å². The van der Waals surface area contributed by atoms with Crippen molar-refractivity contribution in [3.63, 3.8) is 0 Å². The first kappa shape index (κ1) is 70.2. The number of allylic oxidation sites excluding steroid dienone is 4. The molecule has 438 valence electrons. The number of hydrogen-bond acceptors (Lipinski definition) is 11. The lowest BCUT2D eigenvalue weighted by atomic mass is 9.98. The van der Waals surface area contributed by atoms with Crippen LogP contribution in [0.1, 0.15) is 303 Å². The Bertz CT molecular complexity index is 1400. The summed E-state index contributed by atoms with van der Waals surface area (Å²) < 4.78 is 28.5. The average molecular weight is 1060 g/mol. The number of aliphatic hydroxyl groups is 2. The van der Waals surface area contributed by atoms with Crippen molar-refractivity contribution in [1.82, 2.24) is 0 Å². The van der Waals surface area contributed by atoms with Crippen LogP contribution in [-0.4, -0.2) is 89.2 Å². The van der Waals surface area contributed by atoms with E-state index in [0.717, 1.165) is 83.5 Å². The van der Waals surface area contributed by atoms with Gasteiger partial charge >= 0.3 is 23.9 Å². The standard InChI is InChI=1S/C63H114O12/c1-4-7-10-13-16-19-22-24-26-27-28-29-31-32-35-37-40-43-46-49-55(64)71-52-54(73-56(65)50-47-44-41-38-34-21-18-15-12-9-6-3)53-72-63-61(59(68)58(67)60(75-63)62(69)70)74-57(66)51-48-45-42-39-36-33-30-25-23-20-17-14-11-8-5-2/h17,20,25,30,54,58-61,63,67-68H,4-16,18-19,21-24,26-29,31-53H2,1-3H3,(H,69,70)/b20-17-,30-25-. The number of aliphatic hydroxyl groups excluding tert-OH is 2. The van der Waals surface area contributed by atoms with Crippen LogP contribution in [0.15, 0.2) is 24.3 Å². The van der Waals surface area contributed by atoms with Crippen LogP contribution >= 0.6 is 0 Å². The number of rotatable bonds is 54. The van der Waals surface area contributed by atoms with Gasteiger partial charge in [-0.25, -0.2) is 4.79 Å². The Kier molecular flexibility index (Phi) is 48.6. The minimum Gasteiger partial charge on any atom is -0.479 e. The molecule has 12 heteroatoms. The molecule has 75 heavy (non-hydrogen) atoms. The summed E-state index contributed by atoms with van der Waals surface area (Å²) in [6.07, 6.45) is 47.2. The van der Waals surface area contributed by atoms with Crippen molar-refractivity contribution in [1.29, 1.82) is 0 Å². The van der Waals surface area contributed by atoms with E-state index in [9.17, 15) is 34.5 Å². The zero-order valence-corrected chi connectivity index (χ0v) is 48.3. The molecule has 0 aromatic carbocycles. The van der Waals surface area contributed by atoms with E-state index in [4.69, 9.17) is 23.7 Å². The van der Waals surface area contributed by atoms with Crippen LogP contribution in [0.25, 0.3) is 0 Å². The molecule has 0 amide bonds. The number of carbonyl (C=O) groups is 4. The summed E-state index contributed by atoms with van der Waals surface area (Å²) in [7, 11) is 0. The van der Waals surface area contributed by atoms with E-state index in [1.807, 2.05) is 0 Å². The Balaban J connectivity index is 2.62. The van der Waals surface area contributed by atoms with Crippen LogP contribution in [0.3, 0.4) is 0 Å². The minimum absolute atomic E-state index is 0.0492. The van der Waals surface area contributed by atoms with Gasteiger partial charge in [-0.15, -0.1) is 0 Å². The van der Waals surface area contributed by atoms with Crippen molar-refractivity contribution in [3.05, 3.63) is 24.3 Å². The van der Waals surface area contributed by atoms with Crippen molar-refractivity contribution in [2.24, 2.45) is 0 Å². The first-order valence-electron chi connectivity index (χ1n) is 31.3. The largest absolute Gasteiger partial charge is 0.479 e. The van der Waals surface area contributed by atoms with Crippen molar-refractivity contribution in [3.8, 4) is 0 Å². The average Bonchev–Trinajstić information content (AvgIpc) is 3.39. The molecule has 3 N–H and O–H groups in total. The highest BCUT2D eigenvalue weighted by Crippen LogP contribution is 2.27. The lowest BCUT2D eigenvalue weighted by Gasteiger charge is -2.40. The second kappa shape index (κ2) is 51.9. The smallest absolute Gasteiger partial charge is 0.335 e. The van der Waals surface area contributed by atoms with E-state index in [0.29, 0.717) is 19.3 Å². The highest BCUT2D eigenvalue weighted by Gasteiger charge is 2.50. The maximum Gasteiger partial charge on any atom is 0.335 e. The molecule has 1 heterocycles. The fourth-order valence-corrected chi connectivity index (χ4v) is 9.69. The number of esters is 3. The van der Waals surface area contributed by atoms with Crippen molar-refractivity contribution in [2.75, 3.05) is 13.2 Å². The van der Waals surface area contributed by atoms with Gasteiger partial charge in [0, 0.05) is 19.3 Å². The first-order valence-corrected chi connectivity index (χ1v) is 31.3. The number of aliphatic carboxylic acids is 1. The molecule has 12 nitrogen and oxygen atoms in total. The van der Waals surface area contributed by atoms with Crippen LogP contribution < -0.4 is 0 Å². The molecule has 1 fully saturated rings. The van der Waals surface area contributed by atoms with Crippen LogP contribution in [0, 0.1) is 0 Å². The SMILES string of the molecule is CCCCC/C=C\C/C=C\CCCCCCCC(=O)OC1C(OCC(COC(=O)CCCCCCCCCCCCCCCCCCCCC)OC(=O)CCCCCCCCCCCCC)OC(C(=O)O)C(O)C1O. The molecule has 0 aromatic heterocycles. The van der Waals surface area contributed by atoms with Gasteiger partial charge in [-0.05, 0) is 51.4 Å². The normalized spacial score (nSPS) is 18.2. The molecule has 0 spiro atoms. The number of carboxylic acid groups (broad SMARTS) is 1. The van der Waals surface area contributed by atoms with Crippen molar-refractivity contribution < 1.29 is 58.2 Å². The molecule has 6 atom stereocenters. The summed E-state index contributed by atoms with van der Waals surface area (Å²) in [6, 6.07) is 0. The summed E-state index contributed by atoms with van der Waals surface area (Å²) >= 11 is 0. The molecular formula is C63H114O12. The zero-order chi connectivity index (χ0) is 54.7. The lowest BCUT2D eigenvalue weighted by Crippen LogP contribution is -2.61. The maximum atomic E-state index is 13.1. The molecule has 1 aliphatic heterocycles. The van der Waals surface area contributed by atoms with Crippen LogP contribution in [0.5, 0.6) is 0 Å². The summed E-state index contributed by atoms with van der Waals surface area (Å²) in [6.45, 7) is 5.99. The second-order valence-electron chi connectivity index (χ2n) is 21.7. The predicted molar refractivity (Wildman–Crippen MR) is 303 cm³/mol. The fourth-order valence-electron chi connectivity index (χ4n) is 9.69.